The molecule has 2 heterocycles. The van der Waals surface area contributed by atoms with Crippen molar-refractivity contribution in [3.05, 3.63) is 88.7 Å². The van der Waals surface area contributed by atoms with Crippen molar-refractivity contribution in [2.45, 2.75) is 62.8 Å². The van der Waals surface area contributed by atoms with Crippen LogP contribution in [0.2, 0.25) is 5.02 Å². The average molecular weight is 544 g/mol. The van der Waals surface area contributed by atoms with E-state index in [9.17, 15) is 9.90 Å². The van der Waals surface area contributed by atoms with Gasteiger partial charge in [-0.2, -0.15) is 0 Å². The first-order chi connectivity index (χ1) is 18.9. The maximum Gasteiger partial charge on any atom is 0.329 e. The molecule has 0 amide bonds. The van der Waals surface area contributed by atoms with Crippen LogP contribution in [-0.4, -0.2) is 33.2 Å². The number of nitrogens with one attached hydrogen (secondary N) is 2. The third-order valence-electron chi connectivity index (χ3n) is 9.10. The number of hydrogen-bond donors (Lipinski definition) is 3. The van der Waals surface area contributed by atoms with Gasteiger partial charge in [0.15, 0.2) is 0 Å². The maximum absolute atomic E-state index is 12.6. The summed E-state index contributed by atoms with van der Waals surface area (Å²) in [5.41, 5.74) is 4.56. The van der Waals surface area contributed by atoms with Crippen LogP contribution in [0.15, 0.2) is 67.0 Å². The molecule has 0 saturated heterocycles. The third kappa shape index (κ3) is 4.65. The Balaban J connectivity index is 1.18. The van der Waals surface area contributed by atoms with Gasteiger partial charge >= 0.3 is 5.97 Å². The van der Waals surface area contributed by atoms with Crippen molar-refractivity contribution in [1.29, 1.82) is 0 Å². The molecule has 1 saturated carbocycles. The second-order valence-corrected chi connectivity index (χ2v) is 11.7. The first-order valence-corrected chi connectivity index (χ1v) is 14.2. The highest BCUT2D eigenvalue weighted by Gasteiger charge is 2.53. The van der Waals surface area contributed by atoms with E-state index in [0.717, 1.165) is 60.1 Å². The smallest absolute Gasteiger partial charge is 0.329 e. The van der Waals surface area contributed by atoms with Gasteiger partial charge in [0.05, 0.1) is 12.0 Å². The highest BCUT2D eigenvalue weighted by Crippen LogP contribution is 2.55. The van der Waals surface area contributed by atoms with E-state index in [-0.39, 0.29) is 5.41 Å². The molecule has 2 aliphatic rings. The molecule has 0 aliphatic heterocycles. The quantitative estimate of drug-likeness (QED) is 0.203. The van der Waals surface area contributed by atoms with E-state index in [1.165, 1.54) is 11.1 Å². The van der Waals surface area contributed by atoms with Crippen molar-refractivity contribution in [3.8, 4) is 5.75 Å². The lowest BCUT2D eigenvalue weighted by Crippen LogP contribution is -2.53. The zero-order chi connectivity index (χ0) is 27.0. The molecule has 2 aromatic carbocycles. The largest absolute Gasteiger partial charge is 0.493 e. The number of carbonyl (C=O) groups is 1. The van der Waals surface area contributed by atoms with Crippen LogP contribution in [0, 0.1) is 12.8 Å². The van der Waals surface area contributed by atoms with Crippen LogP contribution in [0.4, 0.5) is 5.69 Å². The number of H-pyrrole nitrogens is 1. The fraction of sp³-hybridized carbons (Fsp3) is 0.375. The summed E-state index contributed by atoms with van der Waals surface area (Å²) in [6, 6.07) is 18.1. The Morgan fingerprint density at radius 3 is 2.77 bits per heavy atom. The number of rotatable bonds is 8. The van der Waals surface area contributed by atoms with E-state index < -0.39 is 11.5 Å². The van der Waals surface area contributed by atoms with Gasteiger partial charge in [-0.1, -0.05) is 41.9 Å². The Bertz CT molecular complexity index is 1510. The number of halogens is 1. The van der Waals surface area contributed by atoms with Gasteiger partial charge in [-0.25, -0.2) is 9.78 Å². The summed E-state index contributed by atoms with van der Waals surface area (Å²) in [6.07, 6.45) is 9.57. The number of benzene rings is 2. The van der Waals surface area contributed by atoms with Crippen LogP contribution < -0.4 is 10.1 Å². The molecule has 0 radical (unpaired) electrons. The zero-order valence-corrected chi connectivity index (χ0v) is 22.9. The summed E-state index contributed by atoms with van der Waals surface area (Å²) in [5, 5.41) is 15.4. The number of hydrogen-bond acceptors (Lipinski definition) is 4. The van der Waals surface area contributed by atoms with E-state index in [1.54, 1.807) is 18.3 Å². The highest BCUT2D eigenvalue weighted by atomic mass is 35.5. The summed E-state index contributed by atoms with van der Waals surface area (Å²) >= 11 is 6.19. The number of anilines is 1. The summed E-state index contributed by atoms with van der Waals surface area (Å²) in [6.45, 7) is 2.70. The molecule has 2 aliphatic carbocycles. The van der Waals surface area contributed by atoms with E-state index in [0.29, 0.717) is 30.4 Å². The number of aromatic nitrogens is 2. The Morgan fingerprint density at radius 1 is 1.15 bits per heavy atom. The second kappa shape index (κ2) is 10.2. The number of fused-ring (bicyclic) bond motifs is 3. The molecule has 7 heteroatoms. The zero-order valence-electron chi connectivity index (χ0n) is 22.2. The van der Waals surface area contributed by atoms with Crippen molar-refractivity contribution in [3.63, 3.8) is 0 Å². The summed E-state index contributed by atoms with van der Waals surface area (Å²) in [5.74, 6) is 0.541. The fourth-order valence-corrected chi connectivity index (χ4v) is 7.28. The van der Waals surface area contributed by atoms with Gasteiger partial charge in [0, 0.05) is 23.1 Å². The lowest BCUT2D eigenvalue weighted by molar-refractivity contribution is -0.144. The minimum Gasteiger partial charge on any atom is -0.493 e. The fourth-order valence-electron chi connectivity index (χ4n) is 7.09. The molecule has 0 bridgehead atoms. The number of ether oxygens (including phenoxy) is 1. The predicted molar refractivity (Wildman–Crippen MR) is 155 cm³/mol. The average Bonchev–Trinajstić information content (AvgIpc) is 3.46. The number of carboxylic acids is 1. The maximum atomic E-state index is 12.6. The van der Waals surface area contributed by atoms with Gasteiger partial charge in [0.2, 0.25) is 0 Å². The number of aliphatic carboxylic acids is 1. The van der Waals surface area contributed by atoms with Crippen molar-refractivity contribution >= 4 is 34.3 Å². The monoisotopic (exact) mass is 543 g/mol. The minimum absolute atomic E-state index is 0.00723. The number of nitrogens with zero attached hydrogens (tertiary/aromatic N) is 1. The standard InChI is InChI=1S/C32H34ClN3O3/c1-21-20-35-29-28(21)27(11-16-34-29)39-17-5-7-23-18-22-6-2-3-10-26(22)31(23)12-14-32(15-13-31,30(37)38)36-25-9-4-8-24(33)19-25/h2-4,6,8-11,16,19-20,23,36H,5,7,12-15,17-18H2,1H3,(H,34,35)(H,37,38). The molecule has 3 N–H and O–H groups in total. The molecule has 1 fully saturated rings. The summed E-state index contributed by atoms with van der Waals surface area (Å²) in [7, 11) is 0. The van der Waals surface area contributed by atoms with Crippen LogP contribution >= 0.6 is 11.6 Å². The topological polar surface area (TPSA) is 87.2 Å². The van der Waals surface area contributed by atoms with Gasteiger partial charge in [-0.05, 0) is 104 Å². The predicted octanol–water partition coefficient (Wildman–Crippen LogP) is 7.30. The SMILES string of the molecule is Cc1c[nH]c2nccc(OCCCC3Cc4ccccc4C34CCC(Nc3cccc(Cl)c3)(C(=O)O)CC4)c12. The van der Waals surface area contributed by atoms with Crippen LogP contribution in [-0.2, 0) is 16.6 Å². The highest BCUT2D eigenvalue weighted by molar-refractivity contribution is 6.30. The molecule has 6 nitrogen and oxygen atoms in total. The normalized spacial score (nSPS) is 24.1. The van der Waals surface area contributed by atoms with Crippen LogP contribution in [0.1, 0.15) is 55.2 Å². The molecule has 1 unspecified atom stereocenters. The first kappa shape index (κ1) is 25.8. The Kier molecular flexibility index (Phi) is 6.76. The Hall–Kier alpha value is -3.51. The molecule has 2 aromatic heterocycles. The lowest BCUT2D eigenvalue weighted by atomic mass is 9.60. The van der Waals surface area contributed by atoms with Crippen molar-refractivity contribution in [2.24, 2.45) is 5.92 Å². The van der Waals surface area contributed by atoms with E-state index in [1.807, 2.05) is 24.4 Å². The number of carboxylic acid groups (broad SMARTS) is 1. The van der Waals surface area contributed by atoms with Crippen molar-refractivity contribution < 1.29 is 14.6 Å². The van der Waals surface area contributed by atoms with Gasteiger partial charge in [-0.3, -0.25) is 0 Å². The lowest BCUT2D eigenvalue weighted by Gasteiger charge is -2.47. The number of aryl methyl sites for hydroxylation is 1. The van der Waals surface area contributed by atoms with Crippen molar-refractivity contribution in [1.82, 2.24) is 9.97 Å². The number of pyridine rings is 1. The van der Waals surface area contributed by atoms with Crippen LogP contribution in [0.5, 0.6) is 5.75 Å². The summed E-state index contributed by atoms with van der Waals surface area (Å²) < 4.78 is 6.25. The molecular weight excluding hydrogens is 510 g/mol. The molecule has 4 aromatic rings. The molecule has 39 heavy (non-hydrogen) atoms. The van der Waals surface area contributed by atoms with E-state index in [2.05, 4.69) is 46.5 Å². The van der Waals surface area contributed by atoms with Crippen LogP contribution in [0.25, 0.3) is 11.0 Å². The second-order valence-electron chi connectivity index (χ2n) is 11.2. The molecule has 1 atom stereocenters. The van der Waals surface area contributed by atoms with Crippen LogP contribution in [0.3, 0.4) is 0 Å². The van der Waals surface area contributed by atoms with Gasteiger partial charge in [0.25, 0.3) is 0 Å². The summed E-state index contributed by atoms with van der Waals surface area (Å²) in [4.78, 5) is 20.2. The molecule has 6 rings (SSSR count). The van der Waals surface area contributed by atoms with E-state index >= 15 is 0 Å². The van der Waals surface area contributed by atoms with Gasteiger partial charge in [-0.15, -0.1) is 0 Å². The third-order valence-corrected chi connectivity index (χ3v) is 9.34. The first-order valence-electron chi connectivity index (χ1n) is 13.8. The minimum atomic E-state index is -0.998. The molecular formula is C32H34ClN3O3. The van der Waals surface area contributed by atoms with Gasteiger partial charge in [0.1, 0.15) is 16.9 Å². The Morgan fingerprint density at radius 2 is 1.97 bits per heavy atom. The molecule has 202 valence electrons. The van der Waals surface area contributed by atoms with Crippen molar-refractivity contribution in [2.75, 3.05) is 11.9 Å². The molecule has 1 spiro atoms. The van der Waals surface area contributed by atoms with Gasteiger partial charge < -0.3 is 20.1 Å². The Labute approximate surface area is 233 Å². The van der Waals surface area contributed by atoms with E-state index in [4.69, 9.17) is 16.3 Å². The number of aromatic amines is 1.